The van der Waals surface area contributed by atoms with Gasteiger partial charge in [0.1, 0.15) is 0 Å². The Hall–Kier alpha value is -1.06. The maximum absolute atomic E-state index is 12.3. The molecule has 0 unspecified atom stereocenters. The normalized spacial score (nSPS) is 16.0. The van der Waals surface area contributed by atoms with Crippen molar-refractivity contribution in [2.45, 2.75) is 57.8 Å². The van der Waals surface area contributed by atoms with Gasteiger partial charge in [-0.25, -0.2) is 0 Å². The van der Waals surface area contributed by atoms with E-state index in [1.54, 1.807) is 0 Å². The maximum Gasteiger partial charge on any atom is 0.306 e. The van der Waals surface area contributed by atoms with Gasteiger partial charge in [0.05, 0.1) is 13.0 Å². The van der Waals surface area contributed by atoms with Crippen LogP contribution in [0, 0.1) is 0 Å². The number of hydrogen-bond acceptors (Lipinski definition) is 3. The summed E-state index contributed by atoms with van der Waals surface area (Å²) >= 11 is 0. The van der Waals surface area contributed by atoms with Gasteiger partial charge in [-0.3, -0.25) is 4.79 Å². The van der Waals surface area contributed by atoms with E-state index < -0.39 is 0 Å². The fourth-order valence-corrected chi connectivity index (χ4v) is 3.75. The van der Waals surface area contributed by atoms with E-state index in [0.29, 0.717) is 13.0 Å². The van der Waals surface area contributed by atoms with Crippen LogP contribution >= 0.6 is 12.4 Å². The summed E-state index contributed by atoms with van der Waals surface area (Å²) in [6, 6.07) is 10.5. The van der Waals surface area contributed by atoms with Crippen LogP contribution in [-0.2, 0) is 14.9 Å². The minimum Gasteiger partial charge on any atom is -0.466 e. The van der Waals surface area contributed by atoms with E-state index in [2.05, 4.69) is 43.0 Å². The lowest BCUT2D eigenvalue weighted by Crippen LogP contribution is -2.28. The average molecular weight is 354 g/mol. The molecule has 0 radical (unpaired) electrons. The smallest absolute Gasteiger partial charge is 0.306 e. The second kappa shape index (κ2) is 10.7. The number of rotatable bonds is 9. The number of halogens is 1. The van der Waals surface area contributed by atoms with Crippen LogP contribution in [0.5, 0.6) is 0 Å². The molecule has 2 rings (SSSR count). The number of carbonyl (C=O) groups excluding carboxylic acids is 1. The van der Waals surface area contributed by atoms with Gasteiger partial charge in [0.25, 0.3) is 0 Å². The fraction of sp³-hybridized carbons (Fsp3) is 0.650. The minimum atomic E-state index is -0.0321. The first-order chi connectivity index (χ1) is 11.2. The minimum absolute atomic E-state index is 0. The lowest BCUT2D eigenvalue weighted by atomic mass is 9.76. The second-order valence-corrected chi connectivity index (χ2v) is 6.63. The highest BCUT2D eigenvalue weighted by molar-refractivity contribution is 5.85. The third-order valence-corrected chi connectivity index (χ3v) is 5.21. The molecule has 1 aliphatic carbocycles. The van der Waals surface area contributed by atoms with Crippen LogP contribution in [0.4, 0.5) is 0 Å². The van der Waals surface area contributed by atoms with E-state index in [1.165, 1.54) is 18.4 Å². The van der Waals surface area contributed by atoms with Crippen molar-refractivity contribution in [3.05, 3.63) is 35.9 Å². The Bertz CT molecular complexity index is 468. The Morgan fingerprint density at radius 2 is 1.75 bits per heavy atom. The van der Waals surface area contributed by atoms with Gasteiger partial charge < -0.3 is 9.64 Å². The largest absolute Gasteiger partial charge is 0.466 e. The molecule has 0 spiro atoms. The van der Waals surface area contributed by atoms with Crippen molar-refractivity contribution >= 4 is 18.4 Å². The monoisotopic (exact) mass is 353 g/mol. The third kappa shape index (κ3) is 5.78. The predicted octanol–water partition coefficient (Wildman–Crippen LogP) is 4.59. The van der Waals surface area contributed by atoms with E-state index in [9.17, 15) is 4.79 Å². The predicted molar refractivity (Wildman–Crippen MR) is 102 cm³/mol. The summed E-state index contributed by atoms with van der Waals surface area (Å²) in [5.74, 6) is -0.0321. The van der Waals surface area contributed by atoms with E-state index in [4.69, 9.17) is 4.74 Å². The quantitative estimate of drug-likeness (QED) is 0.480. The van der Waals surface area contributed by atoms with Crippen LogP contribution in [0.1, 0.15) is 57.9 Å². The highest BCUT2D eigenvalue weighted by atomic mass is 35.5. The van der Waals surface area contributed by atoms with Crippen molar-refractivity contribution in [2.75, 3.05) is 26.2 Å². The van der Waals surface area contributed by atoms with Gasteiger partial charge >= 0.3 is 5.97 Å². The van der Waals surface area contributed by atoms with E-state index in [0.717, 1.165) is 38.9 Å². The molecule has 0 heterocycles. The zero-order chi connectivity index (χ0) is 16.5. The summed E-state index contributed by atoms with van der Waals surface area (Å²) in [4.78, 5) is 14.7. The molecule has 0 N–H and O–H groups in total. The summed E-state index contributed by atoms with van der Waals surface area (Å²) in [6.45, 7) is 7.99. The zero-order valence-corrected chi connectivity index (χ0v) is 15.9. The number of esters is 1. The first-order valence-corrected chi connectivity index (χ1v) is 9.13. The molecule has 136 valence electrons. The van der Waals surface area contributed by atoms with Crippen molar-refractivity contribution in [3.8, 4) is 0 Å². The molecular weight excluding hydrogens is 322 g/mol. The van der Waals surface area contributed by atoms with Crippen LogP contribution in [0.15, 0.2) is 30.3 Å². The lowest BCUT2D eigenvalue weighted by Gasteiger charge is -2.28. The Labute approximate surface area is 153 Å². The van der Waals surface area contributed by atoms with Gasteiger partial charge in [0.15, 0.2) is 0 Å². The molecule has 1 fully saturated rings. The molecule has 1 aromatic rings. The van der Waals surface area contributed by atoms with Crippen LogP contribution in [0.2, 0.25) is 0 Å². The molecule has 1 aliphatic rings. The summed E-state index contributed by atoms with van der Waals surface area (Å²) in [6.07, 6.45) is 6.08. The lowest BCUT2D eigenvalue weighted by molar-refractivity contribution is -0.145. The van der Waals surface area contributed by atoms with Crippen molar-refractivity contribution in [2.24, 2.45) is 0 Å². The van der Waals surface area contributed by atoms with E-state index in [1.807, 2.05) is 6.07 Å². The molecule has 0 aliphatic heterocycles. The second-order valence-electron chi connectivity index (χ2n) is 6.63. The van der Waals surface area contributed by atoms with E-state index >= 15 is 0 Å². The number of nitrogens with zero attached hydrogens (tertiary/aromatic N) is 1. The SMILES string of the molecule is CCN(CC)CCCOC(=O)CC1(c2ccccc2)CCCC1.Cl. The molecule has 0 amide bonds. The highest BCUT2D eigenvalue weighted by Crippen LogP contribution is 2.43. The summed E-state index contributed by atoms with van der Waals surface area (Å²) < 4.78 is 5.52. The molecule has 0 bridgehead atoms. The summed E-state index contributed by atoms with van der Waals surface area (Å²) in [5.41, 5.74) is 1.31. The van der Waals surface area contributed by atoms with Gasteiger partial charge in [-0.05, 0) is 37.9 Å². The maximum atomic E-state index is 12.3. The van der Waals surface area contributed by atoms with Gasteiger partial charge in [-0.2, -0.15) is 0 Å². The van der Waals surface area contributed by atoms with Crippen molar-refractivity contribution < 1.29 is 9.53 Å². The van der Waals surface area contributed by atoms with Gasteiger partial charge in [0, 0.05) is 12.0 Å². The Morgan fingerprint density at radius 1 is 1.12 bits per heavy atom. The van der Waals surface area contributed by atoms with Crippen molar-refractivity contribution in [3.63, 3.8) is 0 Å². The van der Waals surface area contributed by atoms with Crippen molar-refractivity contribution in [1.82, 2.24) is 4.90 Å². The van der Waals surface area contributed by atoms with Crippen LogP contribution < -0.4 is 0 Å². The zero-order valence-electron chi connectivity index (χ0n) is 15.1. The van der Waals surface area contributed by atoms with Crippen LogP contribution in [0.25, 0.3) is 0 Å². The Kier molecular flexibility index (Phi) is 9.38. The van der Waals surface area contributed by atoms with E-state index in [-0.39, 0.29) is 23.8 Å². The van der Waals surface area contributed by atoms with Crippen LogP contribution in [0.3, 0.4) is 0 Å². The van der Waals surface area contributed by atoms with Gasteiger partial charge in [-0.15, -0.1) is 12.4 Å². The Balaban J connectivity index is 0.00000288. The van der Waals surface area contributed by atoms with Crippen LogP contribution in [-0.4, -0.2) is 37.1 Å². The molecule has 1 saturated carbocycles. The Morgan fingerprint density at radius 3 is 2.33 bits per heavy atom. The standard InChI is InChI=1S/C20H31NO2.ClH/c1-3-21(4-2)15-10-16-23-19(22)17-20(13-8-9-14-20)18-11-6-5-7-12-18;/h5-7,11-12H,3-4,8-10,13-17H2,1-2H3;1H. The molecule has 3 nitrogen and oxygen atoms in total. The highest BCUT2D eigenvalue weighted by Gasteiger charge is 2.37. The molecule has 0 aromatic heterocycles. The van der Waals surface area contributed by atoms with Gasteiger partial charge in [0.2, 0.25) is 0 Å². The summed E-state index contributed by atoms with van der Waals surface area (Å²) in [7, 11) is 0. The van der Waals surface area contributed by atoms with Gasteiger partial charge in [-0.1, -0.05) is 57.0 Å². The molecule has 0 saturated heterocycles. The summed E-state index contributed by atoms with van der Waals surface area (Å²) in [5, 5.41) is 0. The first kappa shape index (κ1) is 21.0. The molecule has 4 heteroatoms. The number of carbonyl (C=O) groups is 1. The molecular formula is C20H32ClNO2. The third-order valence-electron chi connectivity index (χ3n) is 5.21. The molecule has 0 atom stereocenters. The van der Waals surface area contributed by atoms with Crippen molar-refractivity contribution in [1.29, 1.82) is 0 Å². The number of hydrogen-bond donors (Lipinski definition) is 0. The average Bonchev–Trinajstić information content (AvgIpc) is 3.05. The molecule has 1 aromatic carbocycles. The molecule has 24 heavy (non-hydrogen) atoms. The topological polar surface area (TPSA) is 29.5 Å². The number of benzene rings is 1. The first-order valence-electron chi connectivity index (χ1n) is 9.13. The fourth-order valence-electron chi connectivity index (χ4n) is 3.75. The number of ether oxygens (including phenoxy) is 1.